The highest BCUT2D eigenvalue weighted by Crippen LogP contribution is 2.26. The number of amides is 1. The minimum absolute atomic E-state index is 0.152. The van der Waals surface area contributed by atoms with Crippen molar-refractivity contribution < 1.29 is 22.7 Å². The molecule has 2 aromatic carbocycles. The van der Waals surface area contributed by atoms with Crippen molar-refractivity contribution in [3.05, 3.63) is 75.6 Å². The van der Waals surface area contributed by atoms with Crippen LogP contribution >= 0.6 is 34.5 Å². The third-order valence-corrected chi connectivity index (χ3v) is 7.32. The monoisotopic (exact) mass is 498 g/mol. The summed E-state index contributed by atoms with van der Waals surface area (Å²) < 4.78 is 32.3. The van der Waals surface area contributed by atoms with Crippen LogP contribution in [0, 0.1) is 0 Å². The van der Waals surface area contributed by atoms with Crippen molar-refractivity contribution in [3.8, 4) is 0 Å². The SMILES string of the molecule is CC(OC(=O)c1ccc(NS(=O)(=O)c2cccs2)cc1)C(=O)Nc1cc(Cl)ccc1Cl. The Hall–Kier alpha value is -2.59. The number of esters is 1. The van der Waals surface area contributed by atoms with Gasteiger partial charge in [-0.25, -0.2) is 13.2 Å². The minimum Gasteiger partial charge on any atom is -0.449 e. The van der Waals surface area contributed by atoms with Crippen molar-refractivity contribution in [3.63, 3.8) is 0 Å². The summed E-state index contributed by atoms with van der Waals surface area (Å²) in [5.74, 6) is -1.33. The van der Waals surface area contributed by atoms with E-state index >= 15 is 0 Å². The fourth-order valence-corrected chi connectivity index (χ4v) is 4.79. The van der Waals surface area contributed by atoms with Crippen LogP contribution < -0.4 is 10.0 Å². The molecule has 7 nitrogen and oxygen atoms in total. The molecule has 3 aromatic rings. The van der Waals surface area contributed by atoms with E-state index in [1.54, 1.807) is 17.5 Å². The number of sulfonamides is 1. The molecule has 0 spiro atoms. The summed E-state index contributed by atoms with van der Waals surface area (Å²) in [6.45, 7) is 1.41. The van der Waals surface area contributed by atoms with E-state index in [1.807, 2.05) is 0 Å². The van der Waals surface area contributed by atoms with Crippen molar-refractivity contribution in [1.82, 2.24) is 0 Å². The maximum atomic E-state index is 12.3. The summed E-state index contributed by atoms with van der Waals surface area (Å²) in [5.41, 5.74) is 0.732. The van der Waals surface area contributed by atoms with Gasteiger partial charge in [0.05, 0.1) is 16.3 Å². The number of thiophene rings is 1. The number of nitrogens with one attached hydrogen (secondary N) is 2. The normalized spacial score (nSPS) is 12.1. The van der Waals surface area contributed by atoms with Gasteiger partial charge < -0.3 is 10.1 Å². The number of benzene rings is 2. The number of halogens is 2. The molecule has 0 saturated carbocycles. The third kappa shape index (κ3) is 5.98. The Morgan fingerprint density at radius 2 is 1.77 bits per heavy atom. The van der Waals surface area contributed by atoms with Gasteiger partial charge in [0, 0.05) is 10.7 Å². The fraction of sp³-hybridized carbons (Fsp3) is 0.100. The molecule has 2 N–H and O–H groups in total. The molecule has 1 atom stereocenters. The van der Waals surface area contributed by atoms with Gasteiger partial charge in [0.1, 0.15) is 4.21 Å². The topological polar surface area (TPSA) is 102 Å². The molecule has 3 rings (SSSR count). The highest BCUT2D eigenvalue weighted by Gasteiger charge is 2.20. The van der Waals surface area contributed by atoms with E-state index in [-0.39, 0.29) is 20.5 Å². The summed E-state index contributed by atoms with van der Waals surface area (Å²) in [4.78, 5) is 24.6. The summed E-state index contributed by atoms with van der Waals surface area (Å²) in [6.07, 6.45) is -1.11. The molecule has 1 heterocycles. The van der Waals surface area contributed by atoms with Crippen LogP contribution in [-0.4, -0.2) is 26.4 Å². The van der Waals surface area contributed by atoms with Crippen LogP contribution in [0.25, 0.3) is 0 Å². The van der Waals surface area contributed by atoms with Crippen LogP contribution in [0.15, 0.2) is 64.2 Å². The van der Waals surface area contributed by atoms with Crippen molar-refractivity contribution in [2.75, 3.05) is 10.0 Å². The van der Waals surface area contributed by atoms with E-state index in [9.17, 15) is 18.0 Å². The molecular weight excluding hydrogens is 483 g/mol. The second-order valence-electron chi connectivity index (χ2n) is 6.28. The van der Waals surface area contributed by atoms with Gasteiger partial charge in [-0.15, -0.1) is 11.3 Å². The predicted molar refractivity (Wildman–Crippen MR) is 122 cm³/mol. The number of ether oxygens (including phenoxy) is 1. The van der Waals surface area contributed by atoms with E-state index < -0.39 is 28.0 Å². The van der Waals surface area contributed by atoms with Gasteiger partial charge in [0.2, 0.25) is 0 Å². The largest absolute Gasteiger partial charge is 0.449 e. The van der Waals surface area contributed by atoms with Crippen LogP contribution in [-0.2, 0) is 19.6 Å². The summed E-state index contributed by atoms with van der Waals surface area (Å²) in [6, 6.07) is 13.4. The molecule has 162 valence electrons. The lowest BCUT2D eigenvalue weighted by Crippen LogP contribution is -2.30. The van der Waals surface area contributed by atoms with E-state index in [0.717, 1.165) is 11.3 Å². The van der Waals surface area contributed by atoms with Crippen molar-refractivity contribution in [2.24, 2.45) is 0 Å². The third-order valence-electron chi connectivity index (χ3n) is 3.97. The lowest BCUT2D eigenvalue weighted by Gasteiger charge is -2.14. The maximum Gasteiger partial charge on any atom is 0.338 e. The van der Waals surface area contributed by atoms with Gasteiger partial charge in [0.25, 0.3) is 15.9 Å². The Bertz CT molecular complexity index is 1200. The number of hydrogen-bond acceptors (Lipinski definition) is 6. The fourth-order valence-electron chi connectivity index (χ4n) is 2.41. The maximum absolute atomic E-state index is 12.3. The van der Waals surface area contributed by atoms with Crippen LogP contribution in [0.1, 0.15) is 17.3 Å². The minimum atomic E-state index is -3.69. The standard InChI is InChI=1S/C20H16Cl2N2O5S2/c1-12(19(25)23-17-11-14(21)6-9-16(17)22)29-20(26)13-4-7-15(8-5-13)24-31(27,28)18-3-2-10-30-18/h2-12,24H,1H3,(H,23,25). The Morgan fingerprint density at radius 1 is 1.06 bits per heavy atom. The summed E-state index contributed by atoms with van der Waals surface area (Å²) in [7, 11) is -3.69. The molecule has 0 saturated heterocycles. The highest BCUT2D eigenvalue weighted by atomic mass is 35.5. The first-order valence-corrected chi connectivity index (χ1v) is 11.9. The van der Waals surface area contributed by atoms with Crippen LogP contribution in [0.5, 0.6) is 0 Å². The molecule has 0 radical (unpaired) electrons. The molecule has 0 bridgehead atoms. The van der Waals surface area contributed by atoms with Crippen molar-refractivity contribution in [1.29, 1.82) is 0 Å². The first-order chi connectivity index (χ1) is 14.7. The number of anilines is 2. The molecule has 31 heavy (non-hydrogen) atoms. The van der Waals surface area contributed by atoms with E-state index in [2.05, 4.69) is 10.0 Å². The summed E-state index contributed by atoms with van der Waals surface area (Å²) in [5, 5.41) is 4.88. The molecule has 11 heteroatoms. The Morgan fingerprint density at radius 3 is 2.42 bits per heavy atom. The first kappa shape index (κ1) is 23.1. The Labute approximate surface area is 193 Å². The first-order valence-electron chi connectivity index (χ1n) is 8.79. The van der Waals surface area contributed by atoms with Gasteiger partial charge >= 0.3 is 5.97 Å². The van der Waals surface area contributed by atoms with Crippen LogP contribution in [0.3, 0.4) is 0 Å². The zero-order chi connectivity index (χ0) is 22.6. The zero-order valence-corrected chi connectivity index (χ0v) is 19.1. The molecule has 0 aliphatic carbocycles. The van der Waals surface area contributed by atoms with Crippen molar-refractivity contribution in [2.45, 2.75) is 17.2 Å². The smallest absolute Gasteiger partial charge is 0.338 e. The van der Waals surface area contributed by atoms with Gasteiger partial charge in [-0.05, 0) is 60.8 Å². The van der Waals surface area contributed by atoms with Gasteiger partial charge in [-0.2, -0.15) is 0 Å². The lowest BCUT2D eigenvalue weighted by atomic mass is 10.2. The van der Waals surface area contributed by atoms with Gasteiger partial charge in [-0.3, -0.25) is 9.52 Å². The Balaban J connectivity index is 1.61. The second-order valence-corrected chi connectivity index (χ2v) is 9.98. The number of carbonyl (C=O) groups is 2. The van der Waals surface area contributed by atoms with Crippen molar-refractivity contribution >= 4 is 67.8 Å². The molecule has 0 aliphatic rings. The number of hydrogen-bond donors (Lipinski definition) is 2. The molecular formula is C20H16Cl2N2O5S2. The molecule has 1 aromatic heterocycles. The quantitative estimate of drug-likeness (QED) is 0.444. The lowest BCUT2D eigenvalue weighted by molar-refractivity contribution is -0.123. The summed E-state index contributed by atoms with van der Waals surface area (Å²) >= 11 is 13.0. The molecule has 0 fully saturated rings. The van der Waals surface area contributed by atoms with Gasteiger partial charge in [0.15, 0.2) is 6.10 Å². The van der Waals surface area contributed by atoms with Gasteiger partial charge in [-0.1, -0.05) is 29.3 Å². The van der Waals surface area contributed by atoms with E-state index in [0.29, 0.717) is 10.7 Å². The second kappa shape index (κ2) is 9.69. The molecule has 0 aliphatic heterocycles. The Kier molecular flexibility index (Phi) is 7.22. The molecule has 1 unspecified atom stereocenters. The van der Waals surface area contributed by atoms with Crippen LogP contribution in [0.2, 0.25) is 10.0 Å². The number of carbonyl (C=O) groups excluding carboxylic acids is 2. The predicted octanol–water partition coefficient (Wildman–Crippen LogP) is 5.04. The van der Waals surface area contributed by atoms with E-state index in [1.165, 1.54) is 49.4 Å². The van der Waals surface area contributed by atoms with E-state index in [4.69, 9.17) is 27.9 Å². The average Bonchev–Trinajstić information content (AvgIpc) is 3.27. The number of rotatable bonds is 7. The average molecular weight is 499 g/mol. The highest BCUT2D eigenvalue weighted by molar-refractivity contribution is 7.94. The van der Waals surface area contributed by atoms with Crippen LogP contribution in [0.4, 0.5) is 11.4 Å². The molecule has 1 amide bonds. The zero-order valence-electron chi connectivity index (χ0n) is 16.0.